The molecule has 2 rings (SSSR count). The molecule has 0 spiro atoms. The van der Waals surface area contributed by atoms with E-state index in [9.17, 15) is 4.79 Å². The third-order valence-corrected chi connectivity index (χ3v) is 4.45. The number of carbonyl (C=O) groups is 1. The van der Waals surface area contributed by atoms with E-state index >= 15 is 0 Å². The second-order valence-corrected chi connectivity index (χ2v) is 6.59. The molecule has 0 radical (unpaired) electrons. The minimum Gasteiger partial charge on any atom is -0.353 e. The Hall–Kier alpha value is -1.89. The first-order chi connectivity index (χ1) is 10.6. The van der Waals surface area contributed by atoms with Crippen molar-refractivity contribution in [3.63, 3.8) is 0 Å². The first-order valence-electron chi connectivity index (χ1n) is 7.29. The lowest BCUT2D eigenvalue weighted by Crippen LogP contribution is -2.38. The molecule has 118 valence electrons. The summed E-state index contributed by atoms with van der Waals surface area (Å²) in [5.41, 5.74) is 1.29. The molecule has 0 aliphatic carbocycles. The van der Waals surface area contributed by atoms with Gasteiger partial charge in [0.25, 0.3) is 0 Å². The fourth-order valence-corrected chi connectivity index (χ4v) is 2.76. The van der Waals surface area contributed by atoms with Gasteiger partial charge in [0, 0.05) is 13.1 Å². The van der Waals surface area contributed by atoms with E-state index in [1.807, 2.05) is 32.0 Å². The van der Waals surface area contributed by atoms with Crippen molar-refractivity contribution in [3.8, 4) is 0 Å². The molecule has 0 saturated heterocycles. The fourth-order valence-electron chi connectivity index (χ4n) is 1.99. The molecule has 1 aromatic carbocycles. The quantitative estimate of drug-likeness (QED) is 0.788. The van der Waals surface area contributed by atoms with Gasteiger partial charge in [-0.15, -0.1) is 5.10 Å². The zero-order valence-corrected chi connectivity index (χ0v) is 13.9. The van der Waals surface area contributed by atoms with E-state index in [0.717, 1.165) is 12.8 Å². The Balaban J connectivity index is 1.77. The fraction of sp³-hybridized carbons (Fsp3) is 0.467. The van der Waals surface area contributed by atoms with Gasteiger partial charge in [-0.1, -0.05) is 42.1 Å². The molecule has 1 N–H and O–H groups in total. The van der Waals surface area contributed by atoms with Gasteiger partial charge in [-0.25, -0.2) is 4.68 Å². The molecule has 1 amide bonds. The van der Waals surface area contributed by atoms with Gasteiger partial charge >= 0.3 is 0 Å². The van der Waals surface area contributed by atoms with Gasteiger partial charge in [0.2, 0.25) is 11.1 Å². The lowest BCUT2D eigenvalue weighted by molar-refractivity contribution is -0.120. The van der Waals surface area contributed by atoms with E-state index < -0.39 is 0 Å². The molecule has 1 heterocycles. The third kappa shape index (κ3) is 4.84. The lowest BCUT2D eigenvalue weighted by Gasteiger charge is -2.17. The number of hydrogen-bond acceptors (Lipinski definition) is 5. The van der Waals surface area contributed by atoms with E-state index in [-0.39, 0.29) is 17.2 Å². The van der Waals surface area contributed by atoms with Crippen molar-refractivity contribution >= 4 is 17.7 Å². The van der Waals surface area contributed by atoms with Crippen molar-refractivity contribution in [2.45, 2.75) is 43.1 Å². The summed E-state index contributed by atoms with van der Waals surface area (Å²) in [5, 5.41) is 14.7. The topological polar surface area (TPSA) is 72.7 Å². The zero-order valence-electron chi connectivity index (χ0n) is 13.1. The second-order valence-electron chi connectivity index (χ2n) is 5.28. The van der Waals surface area contributed by atoms with Crippen molar-refractivity contribution in [1.29, 1.82) is 0 Å². The minimum atomic E-state index is -0.233. The highest BCUT2D eigenvalue weighted by atomic mass is 32.2. The maximum absolute atomic E-state index is 12.2. The molecule has 0 bridgehead atoms. The number of carbonyl (C=O) groups excluding carboxylic acids is 1. The summed E-state index contributed by atoms with van der Waals surface area (Å²) in [7, 11) is 1.76. The Labute approximate surface area is 134 Å². The van der Waals surface area contributed by atoms with Crippen molar-refractivity contribution in [2.24, 2.45) is 7.05 Å². The maximum Gasteiger partial charge on any atom is 0.233 e. The van der Waals surface area contributed by atoms with Crippen molar-refractivity contribution in [2.75, 3.05) is 0 Å². The summed E-state index contributed by atoms with van der Waals surface area (Å²) in [6.45, 7) is 3.89. The molecule has 0 aliphatic heterocycles. The number of aromatic nitrogens is 4. The summed E-state index contributed by atoms with van der Waals surface area (Å²) in [4.78, 5) is 12.2. The Bertz CT molecular complexity index is 601. The van der Waals surface area contributed by atoms with Crippen molar-refractivity contribution < 1.29 is 4.79 Å². The molecule has 22 heavy (non-hydrogen) atoms. The minimum absolute atomic E-state index is 0.00793. The average molecular weight is 319 g/mol. The average Bonchev–Trinajstić information content (AvgIpc) is 2.91. The van der Waals surface area contributed by atoms with Crippen molar-refractivity contribution in [1.82, 2.24) is 25.5 Å². The van der Waals surface area contributed by atoms with Crippen LogP contribution in [0.4, 0.5) is 0 Å². The smallest absolute Gasteiger partial charge is 0.233 e. The largest absolute Gasteiger partial charge is 0.353 e. The SMILES string of the molecule is C[C@@H](CCc1ccccc1)NC(=O)[C@@H](C)Sc1nnnn1C. The van der Waals surface area contributed by atoms with Crippen LogP contribution in [-0.2, 0) is 18.3 Å². The lowest BCUT2D eigenvalue weighted by atomic mass is 10.1. The van der Waals surface area contributed by atoms with E-state index in [1.54, 1.807) is 11.7 Å². The summed E-state index contributed by atoms with van der Waals surface area (Å²) in [6.07, 6.45) is 1.87. The standard InChI is InChI=1S/C15H21N5OS/c1-11(9-10-13-7-5-4-6-8-13)16-14(21)12(2)22-15-17-18-19-20(15)3/h4-8,11-12H,9-10H2,1-3H3,(H,16,21)/t11-,12+/m0/s1. The van der Waals surface area contributed by atoms with Gasteiger partial charge in [0.05, 0.1) is 5.25 Å². The van der Waals surface area contributed by atoms with Crippen LogP contribution >= 0.6 is 11.8 Å². The van der Waals surface area contributed by atoms with Gasteiger partial charge in [0.15, 0.2) is 0 Å². The second kappa shape index (κ2) is 7.93. The van der Waals surface area contributed by atoms with Crippen LogP contribution in [-0.4, -0.2) is 37.4 Å². The monoisotopic (exact) mass is 319 g/mol. The van der Waals surface area contributed by atoms with Gasteiger partial charge in [0.1, 0.15) is 0 Å². The molecule has 2 atom stereocenters. The van der Waals surface area contributed by atoms with Crippen LogP contribution < -0.4 is 5.32 Å². The molecule has 7 heteroatoms. The predicted molar refractivity (Wildman–Crippen MR) is 86.5 cm³/mol. The highest BCUT2D eigenvalue weighted by Crippen LogP contribution is 2.19. The van der Waals surface area contributed by atoms with Crippen LogP contribution in [0.3, 0.4) is 0 Å². The van der Waals surface area contributed by atoms with Crippen LogP contribution in [0.25, 0.3) is 0 Å². The molecular weight excluding hydrogens is 298 g/mol. The molecular formula is C15H21N5OS. The molecule has 0 unspecified atom stereocenters. The summed E-state index contributed by atoms with van der Waals surface area (Å²) >= 11 is 1.36. The van der Waals surface area contributed by atoms with Crippen molar-refractivity contribution in [3.05, 3.63) is 35.9 Å². The highest BCUT2D eigenvalue weighted by Gasteiger charge is 2.19. The Kier molecular flexibility index (Phi) is 5.94. The molecule has 0 saturated carbocycles. The van der Waals surface area contributed by atoms with Crippen LogP contribution in [0.15, 0.2) is 35.5 Å². The zero-order chi connectivity index (χ0) is 15.9. The third-order valence-electron chi connectivity index (χ3n) is 3.33. The maximum atomic E-state index is 12.2. The number of benzene rings is 1. The van der Waals surface area contributed by atoms with E-state index in [4.69, 9.17) is 0 Å². The summed E-state index contributed by atoms with van der Waals surface area (Å²) in [6, 6.07) is 10.4. The van der Waals surface area contributed by atoms with Crippen LogP contribution in [0, 0.1) is 0 Å². The Morgan fingerprint density at radius 3 is 2.68 bits per heavy atom. The Morgan fingerprint density at radius 2 is 2.05 bits per heavy atom. The summed E-state index contributed by atoms with van der Waals surface area (Å²) < 4.78 is 1.56. The van der Waals surface area contributed by atoms with Gasteiger partial charge in [-0.2, -0.15) is 0 Å². The van der Waals surface area contributed by atoms with E-state index in [0.29, 0.717) is 5.16 Å². The number of nitrogens with zero attached hydrogens (tertiary/aromatic N) is 4. The van der Waals surface area contributed by atoms with Gasteiger partial charge in [-0.3, -0.25) is 4.79 Å². The van der Waals surface area contributed by atoms with Crippen LogP contribution in [0.2, 0.25) is 0 Å². The van der Waals surface area contributed by atoms with E-state index in [1.165, 1.54) is 17.3 Å². The van der Waals surface area contributed by atoms with E-state index in [2.05, 4.69) is 33.0 Å². The number of thioether (sulfide) groups is 1. The number of amides is 1. The number of rotatable bonds is 7. The number of tetrazole rings is 1. The number of nitrogens with one attached hydrogen (secondary N) is 1. The first-order valence-corrected chi connectivity index (χ1v) is 8.17. The first kappa shape index (κ1) is 16.5. The highest BCUT2D eigenvalue weighted by molar-refractivity contribution is 8.00. The molecule has 0 fully saturated rings. The molecule has 2 aromatic rings. The normalized spacial score (nSPS) is 13.6. The predicted octanol–water partition coefficient (Wildman–Crippen LogP) is 1.83. The summed E-state index contributed by atoms with van der Waals surface area (Å²) in [5.74, 6) is 0.00793. The van der Waals surface area contributed by atoms with Gasteiger partial charge in [-0.05, 0) is 42.7 Å². The number of aryl methyl sites for hydroxylation is 2. The van der Waals surface area contributed by atoms with Gasteiger partial charge < -0.3 is 5.32 Å². The number of hydrogen-bond donors (Lipinski definition) is 1. The molecule has 0 aliphatic rings. The molecule has 1 aromatic heterocycles. The van der Waals surface area contributed by atoms with Crippen LogP contribution in [0.5, 0.6) is 0 Å². The Morgan fingerprint density at radius 1 is 1.32 bits per heavy atom. The van der Waals surface area contributed by atoms with Crippen LogP contribution in [0.1, 0.15) is 25.8 Å². The molecule has 6 nitrogen and oxygen atoms in total.